The first-order valence-corrected chi connectivity index (χ1v) is 5.69. The van der Waals surface area contributed by atoms with Crippen LogP contribution < -0.4 is 19.9 Å². The molecule has 0 unspecified atom stereocenters. The topological polar surface area (TPSA) is 53.7 Å². The third-order valence-corrected chi connectivity index (χ3v) is 2.65. The maximum Gasteiger partial charge on any atom is 0.203 e. The van der Waals surface area contributed by atoms with Gasteiger partial charge in [0.05, 0.1) is 14.2 Å². The van der Waals surface area contributed by atoms with E-state index < -0.39 is 0 Å². The van der Waals surface area contributed by atoms with E-state index in [0.29, 0.717) is 29.8 Å². The van der Waals surface area contributed by atoms with Crippen molar-refractivity contribution in [3.63, 3.8) is 0 Å². The van der Waals surface area contributed by atoms with Gasteiger partial charge in [0, 0.05) is 6.04 Å². The Labute approximate surface area is 103 Å². The van der Waals surface area contributed by atoms with Gasteiger partial charge >= 0.3 is 0 Å². The molecular formula is C13H21NO3. The second-order valence-corrected chi connectivity index (χ2v) is 4.21. The third kappa shape index (κ3) is 3.53. The van der Waals surface area contributed by atoms with Crippen molar-refractivity contribution in [3.8, 4) is 17.2 Å². The lowest BCUT2D eigenvalue weighted by atomic mass is 10.1. The molecular weight excluding hydrogens is 218 g/mol. The minimum absolute atomic E-state index is 0.00547. The zero-order valence-electron chi connectivity index (χ0n) is 10.9. The van der Waals surface area contributed by atoms with E-state index in [1.807, 2.05) is 18.2 Å². The number of ether oxygens (including phenoxy) is 3. The molecule has 0 aliphatic heterocycles. The Kier molecular flexibility index (Phi) is 5.10. The molecule has 2 N–H and O–H groups in total. The van der Waals surface area contributed by atoms with E-state index in [-0.39, 0.29) is 6.04 Å². The maximum atomic E-state index is 5.93. The SMILES string of the molecule is COc1cccc(OC[C@@H](N)C(C)C)c1OC. The van der Waals surface area contributed by atoms with Gasteiger partial charge in [0.15, 0.2) is 11.5 Å². The molecule has 0 spiro atoms. The number of nitrogens with two attached hydrogens (primary N) is 1. The second kappa shape index (κ2) is 6.35. The van der Waals surface area contributed by atoms with Gasteiger partial charge in [-0.2, -0.15) is 0 Å². The van der Waals surface area contributed by atoms with Crippen molar-refractivity contribution < 1.29 is 14.2 Å². The summed E-state index contributed by atoms with van der Waals surface area (Å²) in [5.74, 6) is 2.30. The van der Waals surface area contributed by atoms with Gasteiger partial charge in [-0.3, -0.25) is 0 Å². The van der Waals surface area contributed by atoms with E-state index in [1.165, 1.54) is 0 Å². The summed E-state index contributed by atoms with van der Waals surface area (Å²) in [6.45, 7) is 4.59. The highest BCUT2D eigenvalue weighted by Gasteiger charge is 2.13. The van der Waals surface area contributed by atoms with E-state index >= 15 is 0 Å². The van der Waals surface area contributed by atoms with Crippen LogP contribution in [0.2, 0.25) is 0 Å². The quantitative estimate of drug-likeness (QED) is 0.825. The van der Waals surface area contributed by atoms with Crippen LogP contribution in [0.3, 0.4) is 0 Å². The van der Waals surface area contributed by atoms with E-state index in [9.17, 15) is 0 Å². The Balaban J connectivity index is 2.77. The van der Waals surface area contributed by atoms with Crippen molar-refractivity contribution in [1.82, 2.24) is 0 Å². The molecule has 0 aromatic heterocycles. The maximum absolute atomic E-state index is 5.93. The van der Waals surface area contributed by atoms with Gasteiger partial charge in [0.1, 0.15) is 6.61 Å². The van der Waals surface area contributed by atoms with E-state index in [1.54, 1.807) is 14.2 Å². The predicted octanol–water partition coefficient (Wildman–Crippen LogP) is 2.07. The summed E-state index contributed by atoms with van der Waals surface area (Å²) < 4.78 is 16.1. The van der Waals surface area contributed by atoms with Crippen molar-refractivity contribution in [1.29, 1.82) is 0 Å². The van der Waals surface area contributed by atoms with Gasteiger partial charge in [0.25, 0.3) is 0 Å². The van der Waals surface area contributed by atoms with Crippen molar-refractivity contribution in [2.24, 2.45) is 11.7 Å². The van der Waals surface area contributed by atoms with Crippen molar-refractivity contribution >= 4 is 0 Å². The first kappa shape index (κ1) is 13.6. The van der Waals surface area contributed by atoms with Crippen LogP contribution >= 0.6 is 0 Å². The van der Waals surface area contributed by atoms with E-state index in [4.69, 9.17) is 19.9 Å². The van der Waals surface area contributed by atoms with Crippen LogP contribution in [0.25, 0.3) is 0 Å². The number of benzene rings is 1. The molecule has 0 heterocycles. The number of rotatable bonds is 6. The number of hydrogen-bond donors (Lipinski definition) is 1. The first-order valence-electron chi connectivity index (χ1n) is 5.69. The molecule has 1 atom stereocenters. The Morgan fingerprint density at radius 2 is 1.76 bits per heavy atom. The van der Waals surface area contributed by atoms with Crippen LogP contribution in [0, 0.1) is 5.92 Å². The lowest BCUT2D eigenvalue weighted by molar-refractivity contribution is 0.244. The molecule has 0 bridgehead atoms. The highest BCUT2D eigenvalue weighted by atomic mass is 16.5. The molecule has 0 saturated heterocycles. The molecule has 4 nitrogen and oxygen atoms in total. The van der Waals surface area contributed by atoms with Crippen molar-refractivity contribution in [2.75, 3.05) is 20.8 Å². The Morgan fingerprint density at radius 3 is 2.29 bits per heavy atom. The summed E-state index contributed by atoms with van der Waals surface area (Å²) in [6.07, 6.45) is 0. The summed E-state index contributed by atoms with van der Waals surface area (Å²) >= 11 is 0. The highest BCUT2D eigenvalue weighted by molar-refractivity contribution is 5.51. The van der Waals surface area contributed by atoms with Gasteiger partial charge in [-0.15, -0.1) is 0 Å². The zero-order chi connectivity index (χ0) is 12.8. The van der Waals surface area contributed by atoms with Crippen LogP contribution in [0.5, 0.6) is 17.2 Å². The summed E-state index contributed by atoms with van der Waals surface area (Å²) in [5, 5.41) is 0. The lowest BCUT2D eigenvalue weighted by Gasteiger charge is -2.18. The fourth-order valence-electron chi connectivity index (χ4n) is 1.35. The minimum atomic E-state index is 0.00547. The van der Waals surface area contributed by atoms with Gasteiger partial charge in [-0.25, -0.2) is 0 Å². The number of hydrogen-bond acceptors (Lipinski definition) is 4. The Morgan fingerprint density at radius 1 is 1.12 bits per heavy atom. The molecule has 0 aliphatic rings. The van der Waals surface area contributed by atoms with E-state index in [0.717, 1.165) is 0 Å². The molecule has 0 radical (unpaired) electrons. The monoisotopic (exact) mass is 239 g/mol. The highest BCUT2D eigenvalue weighted by Crippen LogP contribution is 2.36. The molecule has 0 amide bonds. The van der Waals surface area contributed by atoms with Crippen LogP contribution in [-0.4, -0.2) is 26.9 Å². The smallest absolute Gasteiger partial charge is 0.203 e. The Bertz CT molecular complexity index is 353. The fraction of sp³-hybridized carbons (Fsp3) is 0.538. The normalized spacial score (nSPS) is 12.4. The molecule has 1 aromatic rings. The average molecular weight is 239 g/mol. The van der Waals surface area contributed by atoms with E-state index in [2.05, 4.69) is 13.8 Å². The summed E-state index contributed by atoms with van der Waals surface area (Å²) in [6, 6.07) is 5.53. The molecule has 96 valence electrons. The molecule has 1 rings (SSSR count). The minimum Gasteiger partial charge on any atom is -0.493 e. The number of methoxy groups -OCH3 is 2. The van der Waals surface area contributed by atoms with Crippen molar-refractivity contribution in [2.45, 2.75) is 19.9 Å². The largest absolute Gasteiger partial charge is 0.493 e. The van der Waals surface area contributed by atoms with Gasteiger partial charge in [0.2, 0.25) is 5.75 Å². The van der Waals surface area contributed by atoms with Gasteiger partial charge in [-0.05, 0) is 18.1 Å². The van der Waals surface area contributed by atoms with Crippen LogP contribution in [0.4, 0.5) is 0 Å². The lowest BCUT2D eigenvalue weighted by Crippen LogP contribution is -2.33. The molecule has 1 aromatic carbocycles. The zero-order valence-corrected chi connectivity index (χ0v) is 10.9. The molecule has 17 heavy (non-hydrogen) atoms. The molecule has 4 heteroatoms. The summed E-state index contributed by atoms with van der Waals surface area (Å²) in [5.41, 5.74) is 5.93. The standard InChI is InChI=1S/C13H21NO3/c1-9(2)10(14)8-17-12-7-5-6-11(15-3)13(12)16-4/h5-7,9-10H,8,14H2,1-4H3/t10-/m1/s1. The molecule has 0 saturated carbocycles. The predicted molar refractivity (Wildman–Crippen MR) is 67.9 cm³/mol. The molecule has 0 fully saturated rings. The first-order chi connectivity index (χ1) is 8.10. The average Bonchev–Trinajstić information content (AvgIpc) is 2.34. The van der Waals surface area contributed by atoms with Crippen LogP contribution in [0.1, 0.15) is 13.8 Å². The molecule has 0 aliphatic carbocycles. The summed E-state index contributed by atoms with van der Waals surface area (Å²) in [4.78, 5) is 0. The van der Waals surface area contributed by atoms with Crippen LogP contribution in [0.15, 0.2) is 18.2 Å². The van der Waals surface area contributed by atoms with Crippen molar-refractivity contribution in [3.05, 3.63) is 18.2 Å². The third-order valence-electron chi connectivity index (χ3n) is 2.65. The second-order valence-electron chi connectivity index (χ2n) is 4.21. The van der Waals surface area contributed by atoms with Crippen LogP contribution in [-0.2, 0) is 0 Å². The Hall–Kier alpha value is -1.42. The summed E-state index contributed by atoms with van der Waals surface area (Å²) in [7, 11) is 3.19. The number of para-hydroxylation sites is 1. The van der Waals surface area contributed by atoms with Gasteiger partial charge < -0.3 is 19.9 Å². The van der Waals surface area contributed by atoms with Gasteiger partial charge in [-0.1, -0.05) is 19.9 Å². The fourth-order valence-corrected chi connectivity index (χ4v) is 1.35.